The van der Waals surface area contributed by atoms with Gasteiger partial charge in [0.2, 0.25) is 0 Å². The van der Waals surface area contributed by atoms with Crippen molar-refractivity contribution in [3.8, 4) is 0 Å². The molecule has 0 bridgehead atoms. The second kappa shape index (κ2) is 8.77. The molecule has 10 heteroatoms. The minimum atomic E-state index is -1.91. The molecular weight excluding hydrogens is 340 g/mol. The number of carbonyl (C=O) groups excluding carboxylic acids is 4. The van der Waals surface area contributed by atoms with Crippen molar-refractivity contribution in [3.63, 3.8) is 0 Å². The summed E-state index contributed by atoms with van der Waals surface area (Å²) < 4.78 is 30.7. The highest BCUT2D eigenvalue weighted by Gasteiger charge is 2.56. The summed E-state index contributed by atoms with van der Waals surface area (Å²) in [5, 5.41) is 0. The van der Waals surface area contributed by atoms with Crippen LogP contribution in [0.1, 0.15) is 27.2 Å². The van der Waals surface area contributed by atoms with Gasteiger partial charge in [-0.1, -0.05) is 0 Å². The zero-order chi connectivity index (χ0) is 19.2. The van der Waals surface area contributed by atoms with E-state index >= 15 is 0 Å². The molecule has 1 aliphatic heterocycles. The van der Waals surface area contributed by atoms with Crippen molar-refractivity contribution in [1.82, 2.24) is 0 Å². The fraction of sp³-hybridized carbons (Fsp3) is 0.733. The number of hydrogen-bond acceptors (Lipinski definition) is 10. The first-order valence-electron chi connectivity index (χ1n) is 7.44. The number of esters is 4. The van der Waals surface area contributed by atoms with Gasteiger partial charge in [0.05, 0.1) is 13.5 Å². The lowest BCUT2D eigenvalue weighted by molar-refractivity contribution is -0.311. The van der Waals surface area contributed by atoms with Gasteiger partial charge in [0.15, 0.2) is 6.10 Å². The number of methoxy groups -OCH3 is 2. The monoisotopic (exact) mass is 362 g/mol. The van der Waals surface area contributed by atoms with Crippen LogP contribution in [0.5, 0.6) is 0 Å². The molecule has 0 saturated carbocycles. The highest BCUT2D eigenvalue weighted by atomic mass is 16.7. The van der Waals surface area contributed by atoms with Crippen LogP contribution in [0.15, 0.2) is 0 Å². The molecule has 0 spiro atoms. The van der Waals surface area contributed by atoms with Crippen molar-refractivity contribution in [2.75, 3.05) is 20.8 Å². The van der Waals surface area contributed by atoms with Crippen LogP contribution >= 0.6 is 0 Å². The molecule has 0 amide bonds. The summed E-state index contributed by atoms with van der Waals surface area (Å²) >= 11 is 0. The van der Waals surface area contributed by atoms with Gasteiger partial charge in [0.1, 0.15) is 18.8 Å². The van der Waals surface area contributed by atoms with Gasteiger partial charge in [-0.3, -0.25) is 14.4 Å². The van der Waals surface area contributed by atoms with Crippen LogP contribution in [-0.2, 0) is 47.6 Å². The largest absolute Gasteiger partial charge is 0.465 e. The summed E-state index contributed by atoms with van der Waals surface area (Å²) in [5.74, 6) is -4.72. The van der Waals surface area contributed by atoms with Crippen molar-refractivity contribution < 1.29 is 47.6 Å². The van der Waals surface area contributed by atoms with E-state index in [0.29, 0.717) is 0 Å². The van der Waals surface area contributed by atoms with Crippen molar-refractivity contribution in [1.29, 1.82) is 0 Å². The van der Waals surface area contributed by atoms with Gasteiger partial charge in [-0.25, -0.2) is 4.79 Å². The van der Waals surface area contributed by atoms with Crippen LogP contribution in [0.4, 0.5) is 0 Å². The molecule has 0 aliphatic carbocycles. The van der Waals surface area contributed by atoms with E-state index in [4.69, 9.17) is 23.7 Å². The third kappa shape index (κ3) is 5.40. The first-order chi connectivity index (χ1) is 11.6. The fourth-order valence-corrected chi connectivity index (χ4v) is 2.48. The van der Waals surface area contributed by atoms with E-state index in [1.165, 1.54) is 14.0 Å². The summed E-state index contributed by atoms with van der Waals surface area (Å²) in [7, 11) is 2.34. The second-order valence-corrected chi connectivity index (χ2v) is 5.33. The van der Waals surface area contributed by atoms with E-state index < -0.39 is 48.0 Å². The van der Waals surface area contributed by atoms with E-state index in [1.807, 2.05) is 0 Å². The molecule has 1 aliphatic rings. The average Bonchev–Trinajstić information content (AvgIpc) is 2.53. The topological polar surface area (TPSA) is 124 Å². The number of rotatable bonds is 6. The molecule has 0 N–H and O–H groups in total. The lowest BCUT2D eigenvalue weighted by Gasteiger charge is -2.44. The Balaban J connectivity index is 3.22. The molecule has 4 atom stereocenters. The summed E-state index contributed by atoms with van der Waals surface area (Å²) in [4.78, 5) is 46.0. The van der Waals surface area contributed by atoms with Gasteiger partial charge in [-0.15, -0.1) is 0 Å². The van der Waals surface area contributed by atoms with Gasteiger partial charge >= 0.3 is 23.9 Å². The molecular formula is C15H22O10. The maximum Gasteiger partial charge on any atom is 0.366 e. The maximum absolute atomic E-state index is 12.1. The normalized spacial score (nSPS) is 28.6. The lowest BCUT2D eigenvalue weighted by Crippen LogP contribution is -2.62. The highest BCUT2D eigenvalue weighted by molar-refractivity contribution is 5.78. The first-order valence-corrected chi connectivity index (χ1v) is 7.44. The molecule has 1 fully saturated rings. The maximum atomic E-state index is 12.1. The minimum Gasteiger partial charge on any atom is -0.465 e. The van der Waals surface area contributed by atoms with E-state index in [9.17, 15) is 19.2 Å². The predicted octanol–water partition coefficient (Wildman–Crippen LogP) is -0.282. The average molecular weight is 362 g/mol. The van der Waals surface area contributed by atoms with Crippen molar-refractivity contribution in [3.05, 3.63) is 0 Å². The van der Waals surface area contributed by atoms with Crippen molar-refractivity contribution >= 4 is 23.9 Å². The number of ether oxygens (including phenoxy) is 6. The van der Waals surface area contributed by atoms with Crippen LogP contribution < -0.4 is 0 Å². The Hall–Kier alpha value is -2.20. The second-order valence-electron chi connectivity index (χ2n) is 5.33. The summed E-state index contributed by atoms with van der Waals surface area (Å²) in [6.07, 6.45) is -3.57. The molecule has 0 unspecified atom stereocenters. The summed E-state index contributed by atoms with van der Waals surface area (Å²) in [5.41, 5.74) is 0. The van der Waals surface area contributed by atoms with E-state index in [2.05, 4.69) is 4.74 Å². The smallest absolute Gasteiger partial charge is 0.366 e. The van der Waals surface area contributed by atoms with Crippen LogP contribution in [0.25, 0.3) is 0 Å². The molecule has 0 aromatic carbocycles. The molecule has 10 nitrogen and oxygen atoms in total. The minimum absolute atomic E-state index is 0.274. The molecule has 0 radical (unpaired) electrons. The number of hydrogen-bond donors (Lipinski definition) is 0. The molecule has 0 aromatic heterocycles. The first kappa shape index (κ1) is 20.8. The Bertz CT molecular complexity index is 530. The molecule has 1 saturated heterocycles. The molecule has 25 heavy (non-hydrogen) atoms. The molecule has 0 aromatic rings. The van der Waals surface area contributed by atoms with E-state index in [1.54, 1.807) is 0 Å². The SMILES string of the molecule is COC(=O)[C@@]1(OC)C[C@@H](OC(C)=O)[C@@H](OC(C)=O)[C@@H](COC(C)=O)O1. The van der Waals surface area contributed by atoms with Crippen molar-refractivity contribution in [2.45, 2.75) is 51.3 Å². The van der Waals surface area contributed by atoms with Gasteiger partial charge < -0.3 is 28.4 Å². The van der Waals surface area contributed by atoms with Crippen LogP contribution in [0, 0.1) is 0 Å². The zero-order valence-electron chi connectivity index (χ0n) is 14.7. The van der Waals surface area contributed by atoms with E-state index in [0.717, 1.165) is 21.0 Å². The van der Waals surface area contributed by atoms with Gasteiger partial charge in [-0.05, 0) is 0 Å². The third-order valence-corrected chi connectivity index (χ3v) is 3.44. The number of carbonyl (C=O) groups is 4. The standard InChI is InChI=1S/C15H22O10/c1-8(16)22-7-12-13(24-10(3)18)11(23-9(2)17)6-15(21-5,25-12)14(19)20-4/h11-13H,6-7H2,1-5H3/t11-,12-,13-,15-/m1/s1. The molecule has 1 heterocycles. The van der Waals surface area contributed by atoms with Crippen LogP contribution in [-0.4, -0.2) is 68.8 Å². The van der Waals surface area contributed by atoms with Gasteiger partial charge in [-0.2, -0.15) is 0 Å². The lowest BCUT2D eigenvalue weighted by atomic mass is 9.94. The van der Waals surface area contributed by atoms with E-state index in [-0.39, 0.29) is 13.0 Å². The zero-order valence-corrected chi connectivity index (χ0v) is 14.7. The van der Waals surface area contributed by atoms with Crippen molar-refractivity contribution in [2.24, 2.45) is 0 Å². The summed E-state index contributed by atoms with van der Waals surface area (Å²) in [6, 6.07) is 0. The summed E-state index contributed by atoms with van der Waals surface area (Å²) in [6.45, 7) is 3.14. The molecule has 1 rings (SSSR count). The highest BCUT2D eigenvalue weighted by Crippen LogP contribution is 2.35. The van der Waals surface area contributed by atoms with Crippen LogP contribution in [0.2, 0.25) is 0 Å². The van der Waals surface area contributed by atoms with Crippen LogP contribution in [0.3, 0.4) is 0 Å². The fourth-order valence-electron chi connectivity index (χ4n) is 2.48. The molecule has 142 valence electrons. The Morgan fingerprint density at radius 3 is 2.04 bits per heavy atom. The Morgan fingerprint density at radius 2 is 1.60 bits per heavy atom. The predicted molar refractivity (Wildman–Crippen MR) is 79.0 cm³/mol. The van der Waals surface area contributed by atoms with Gasteiger partial charge in [0.25, 0.3) is 5.79 Å². The Kier molecular flexibility index (Phi) is 7.31. The Morgan fingerprint density at radius 1 is 1.00 bits per heavy atom. The third-order valence-electron chi connectivity index (χ3n) is 3.44. The van der Waals surface area contributed by atoms with Gasteiger partial charge in [0, 0.05) is 27.9 Å². The Labute approximate surface area is 144 Å². The quantitative estimate of drug-likeness (QED) is 0.460.